The zero-order chi connectivity index (χ0) is 19.9. The van der Waals surface area contributed by atoms with Crippen molar-refractivity contribution in [1.82, 2.24) is 5.43 Å². The van der Waals surface area contributed by atoms with Gasteiger partial charge in [-0.25, -0.2) is 0 Å². The first-order valence-corrected chi connectivity index (χ1v) is 10.1. The molecule has 0 atom stereocenters. The first kappa shape index (κ1) is 20.3. The van der Waals surface area contributed by atoms with Crippen LogP contribution in [0.2, 0.25) is 0 Å². The lowest BCUT2D eigenvalue weighted by Gasteiger charge is -2.28. The van der Waals surface area contributed by atoms with Crippen molar-refractivity contribution in [2.24, 2.45) is 5.10 Å². The van der Waals surface area contributed by atoms with Gasteiger partial charge in [-0.1, -0.05) is 38.1 Å². The van der Waals surface area contributed by atoms with E-state index in [1.54, 1.807) is 0 Å². The number of hydrogen-bond acceptors (Lipinski definition) is 4. The van der Waals surface area contributed by atoms with Gasteiger partial charge in [-0.2, -0.15) is 5.10 Å². The molecule has 2 aromatic carbocycles. The number of anilines is 2. The molecule has 3 rings (SSSR count). The molecule has 0 aromatic heterocycles. The summed E-state index contributed by atoms with van der Waals surface area (Å²) in [6, 6.07) is 16.7. The Balaban J connectivity index is 1.54. The monoisotopic (exact) mass is 396 g/mol. The summed E-state index contributed by atoms with van der Waals surface area (Å²) in [7, 11) is 0. The van der Waals surface area contributed by atoms with Crippen LogP contribution < -0.4 is 15.6 Å². The quantitative estimate of drug-likeness (QED) is 0.447. The predicted octanol–water partition coefficient (Wildman–Crippen LogP) is 4.36. The van der Waals surface area contributed by atoms with Crippen molar-refractivity contribution < 1.29 is 4.74 Å². The Bertz CT molecular complexity index is 809. The summed E-state index contributed by atoms with van der Waals surface area (Å²) in [6.45, 7) is 9.78. The van der Waals surface area contributed by atoms with E-state index in [1.165, 1.54) is 11.3 Å². The number of nitrogens with zero attached hydrogens (tertiary/aromatic N) is 2. The molecule has 28 heavy (non-hydrogen) atoms. The molecule has 1 aliphatic heterocycles. The summed E-state index contributed by atoms with van der Waals surface area (Å²) in [5.74, 6) is 0.515. The third-order valence-electron chi connectivity index (χ3n) is 4.82. The molecule has 0 radical (unpaired) electrons. The number of ether oxygens (including phenoxy) is 1. The van der Waals surface area contributed by atoms with Crippen molar-refractivity contribution in [3.63, 3.8) is 0 Å². The minimum absolute atomic E-state index is 0.474. The van der Waals surface area contributed by atoms with Crippen LogP contribution in [-0.2, 0) is 4.74 Å². The highest BCUT2D eigenvalue weighted by atomic mass is 32.1. The molecule has 1 heterocycles. The van der Waals surface area contributed by atoms with Gasteiger partial charge in [0.25, 0.3) is 0 Å². The fourth-order valence-electron chi connectivity index (χ4n) is 3.04. The molecule has 0 bridgehead atoms. The standard InChI is InChI=1S/C22H28N4OS/c1-16(2)18-4-8-20(9-5-18)23-22(28)25-24-17(3)19-6-10-21(11-7-19)26-12-14-27-15-13-26/h4-11,16H,12-15H2,1-3H3,(H2,23,25,28)/b24-17-. The predicted molar refractivity (Wildman–Crippen MR) is 122 cm³/mol. The Labute approximate surface area is 172 Å². The zero-order valence-corrected chi connectivity index (χ0v) is 17.6. The van der Waals surface area contributed by atoms with Crippen molar-refractivity contribution in [2.75, 3.05) is 36.5 Å². The van der Waals surface area contributed by atoms with Crippen LogP contribution >= 0.6 is 12.2 Å². The van der Waals surface area contributed by atoms with Gasteiger partial charge >= 0.3 is 0 Å². The number of morpholine rings is 1. The van der Waals surface area contributed by atoms with Crippen molar-refractivity contribution in [3.8, 4) is 0 Å². The van der Waals surface area contributed by atoms with Gasteiger partial charge in [0, 0.05) is 24.5 Å². The molecule has 0 aliphatic carbocycles. The Morgan fingerprint density at radius 3 is 2.29 bits per heavy atom. The van der Waals surface area contributed by atoms with Crippen molar-refractivity contribution in [1.29, 1.82) is 0 Å². The second-order valence-corrected chi connectivity index (χ2v) is 7.59. The number of thiocarbonyl (C=S) groups is 1. The Morgan fingerprint density at radius 2 is 1.68 bits per heavy atom. The number of nitrogens with one attached hydrogen (secondary N) is 2. The molecule has 2 N–H and O–H groups in total. The van der Waals surface area contributed by atoms with Crippen LogP contribution in [0.5, 0.6) is 0 Å². The summed E-state index contributed by atoms with van der Waals surface area (Å²) < 4.78 is 5.41. The average Bonchev–Trinajstić information content (AvgIpc) is 2.73. The van der Waals surface area contributed by atoms with Crippen LogP contribution in [0.4, 0.5) is 11.4 Å². The van der Waals surface area contributed by atoms with Gasteiger partial charge in [0.15, 0.2) is 5.11 Å². The van der Waals surface area contributed by atoms with E-state index in [-0.39, 0.29) is 0 Å². The maximum absolute atomic E-state index is 5.41. The first-order chi connectivity index (χ1) is 13.5. The van der Waals surface area contributed by atoms with Gasteiger partial charge in [-0.05, 0) is 60.5 Å². The number of benzene rings is 2. The largest absolute Gasteiger partial charge is 0.378 e. The summed E-state index contributed by atoms with van der Waals surface area (Å²) in [5, 5.41) is 8.04. The van der Waals surface area contributed by atoms with E-state index >= 15 is 0 Å². The van der Waals surface area contributed by atoms with E-state index in [1.807, 2.05) is 19.1 Å². The van der Waals surface area contributed by atoms with Gasteiger partial charge in [0.05, 0.1) is 18.9 Å². The summed E-state index contributed by atoms with van der Waals surface area (Å²) in [5.41, 5.74) is 8.34. The lowest BCUT2D eigenvalue weighted by atomic mass is 10.0. The smallest absolute Gasteiger partial charge is 0.191 e. The van der Waals surface area contributed by atoms with Crippen LogP contribution in [0.1, 0.15) is 37.8 Å². The second-order valence-electron chi connectivity index (χ2n) is 7.19. The van der Waals surface area contributed by atoms with Crippen LogP contribution in [0.25, 0.3) is 0 Å². The topological polar surface area (TPSA) is 48.9 Å². The molecule has 2 aromatic rings. The summed E-state index contributed by atoms with van der Waals surface area (Å²) in [6.07, 6.45) is 0. The van der Waals surface area contributed by atoms with Crippen LogP contribution in [0.3, 0.4) is 0 Å². The van der Waals surface area contributed by atoms with Crippen molar-refractivity contribution in [2.45, 2.75) is 26.7 Å². The minimum atomic E-state index is 0.474. The molecule has 0 unspecified atom stereocenters. The molecular formula is C22H28N4OS. The van der Waals surface area contributed by atoms with Crippen LogP contribution in [0.15, 0.2) is 53.6 Å². The molecule has 6 heteroatoms. The highest BCUT2D eigenvalue weighted by Gasteiger charge is 2.11. The van der Waals surface area contributed by atoms with Crippen LogP contribution in [0, 0.1) is 0 Å². The molecule has 148 valence electrons. The molecule has 1 fully saturated rings. The molecule has 0 spiro atoms. The molecular weight excluding hydrogens is 368 g/mol. The number of hydrogen-bond donors (Lipinski definition) is 2. The van der Waals surface area contributed by atoms with E-state index in [9.17, 15) is 0 Å². The number of hydrazone groups is 1. The van der Waals surface area contributed by atoms with Crippen molar-refractivity contribution in [3.05, 3.63) is 59.7 Å². The van der Waals surface area contributed by atoms with E-state index in [4.69, 9.17) is 17.0 Å². The van der Waals surface area contributed by atoms with Crippen molar-refractivity contribution >= 4 is 34.4 Å². The molecule has 1 saturated heterocycles. The summed E-state index contributed by atoms with van der Waals surface area (Å²) in [4.78, 5) is 2.33. The lowest BCUT2D eigenvalue weighted by Crippen LogP contribution is -2.36. The van der Waals surface area contributed by atoms with Gasteiger partial charge in [0.1, 0.15) is 0 Å². The maximum Gasteiger partial charge on any atom is 0.191 e. The van der Waals surface area contributed by atoms with Gasteiger partial charge in [-0.3, -0.25) is 5.43 Å². The molecule has 5 nitrogen and oxygen atoms in total. The molecule has 0 amide bonds. The van der Waals surface area contributed by atoms with Crippen LogP contribution in [-0.4, -0.2) is 37.1 Å². The van der Waals surface area contributed by atoms with E-state index in [0.29, 0.717) is 11.0 Å². The normalized spacial score (nSPS) is 14.9. The third-order valence-corrected chi connectivity index (χ3v) is 5.02. The van der Waals surface area contributed by atoms with E-state index in [0.717, 1.165) is 43.3 Å². The molecule has 1 aliphatic rings. The summed E-state index contributed by atoms with van der Waals surface area (Å²) >= 11 is 5.35. The second kappa shape index (κ2) is 9.66. The molecule has 0 saturated carbocycles. The SMILES string of the molecule is C/C(=N/NC(=S)Nc1ccc(C(C)C)cc1)c1ccc(N2CCOCC2)cc1. The van der Waals surface area contributed by atoms with E-state index in [2.05, 4.69) is 71.0 Å². The highest BCUT2D eigenvalue weighted by molar-refractivity contribution is 7.80. The van der Waals surface area contributed by atoms with Gasteiger partial charge < -0.3 is 15.0 Å². The Morgan fingerprint density at radius 1 is 1.04 bits per heavy atom. The van der Waals surface area contributed by atoms with E-state index < -0.39 is 0 Å². The zero-order valence-electron chi connectivity index (χ0n) is 16.7. The minimum Gasteiger partial charge on any atom is -0.378 e. The fraction of sp³-hybridized carbons (Fsp3) is 0.364. The van der Waals surface area contributed by atoms with Gasteiger partial charge in [-0.15, -0.1) is 0 Å². The maximum atomic E-state index is 5.41. The lowest BCUT2D eigenvalue weighted by molar-refractivity contribution is 0.122. The average molecular weight is 397 g/mol. The number of rotatable bonds is 5. The fourth-order valence-corrected chi connectivity index (χ4v) is 3.21. The van der Waals surface area contributed by atoms with Gasteiger partial charge in [0.2, 0.25) is 0 Å². The highest BCUT2D eigenvalue weighted by Crippen LogP contribution is 2.18. The Hall–Kier alpha value is -2.44. The first-order valence-electron chi connectivity index (χ1n) is 9.67. The third kappa shape index (κ3) is 5.53. The Kier molecular flexibility index (Phi) is 7.01.